The predicted octanol–water partition coefficient (Wildman–Crippen LogP) is 13.6. The van der Waals surface area contributed by atoms with Crippen LogP contribution in [-0.2, 0) is 20.8 Å². The molecule has 2 amide bonds. The number of imidazole rings is 4. The number of amides is 2. The highest BCUT2D eigenvalue weighted by atomic mass is 16.5. The number of likely N-dealkylation sites (N-methyl/N-ethyl adjacent to an activating group) is 1. The normalized spacial score (nSPS) is 13.3. The minimum atomic E-state index is -0.156. The van der Waals surface area contributed by atoms with E-state index in [1.807, 2.05) is 171 Å². The van der Waals surface area contributed by atoms with Crippen molar-refractivity contribution in [2.45, 2.75) is 26.3 Å². The number of pyridine rings is 8. The van der Waals surface area contributed by atoms with Gasteiger partial charge in [0.05, 0.1) is 78.6 Å². The topological polar surface area (TPSA) is 332 Å². The summed E-state index contributed by atoms with van der Waals surface area (Å²) >= 11 is 0. The fourth-order valence-electron chi connectivity index (χ4n) is 14.6. The zero-order valence-electron chi connectivity index (χ0n) is 66.7. The summed E-state index contributed by atoms with van der Waals surface area (Å²) in [6.45, 7) is 12.3. The molecule has 9 N–H and O–H groups in total. The molecule has 14 heterocycles. The lowest BCUT2D eigenvalue weighted by atomic mass is 10.1. The molecule has 0 atom stereocenters. The molecule has 2 saturated heterocycles. The number of aromatic amines is 4. The summed E-state index contributed by atoms with van der Waals surface area (Å²) in [4.78, 5) is 107. The summed E-state index contributed by atoms with van der Waals surface area (Å²) in [7, 11) is 1.63. The Balaban J connectivity index is 0.000000120. The van der Waals surface area contributed by atoms with Crippen LogP contribution in [0.15, 0.2) is 288 Å². The number of nitrogens with zero attached hydrogens (tertiary/aromatic N) is 11. The minimum Gasteiger partial charge on any atom is -0.383 e. The number of anilines is 9. The number of rotatable bonds is 23. The predicted molar refractivity (Wildman–Crippen MR) is 472 cm³/mol. The summed E-state index contributed by atoms with van der Waals surface area (Å²) in [5.74, 6) is 0.601. The van der Waals surface area contributed by atoms with Crippen molar-refractivity contribution in [1.29, 1.82) is 0 Å². The molecule has 3 fully saturated rings. The van der Waals surface area contributed by atoms with Crippen molar-refractivity contribution in [3.8, 4) is 45.0 Å². The number of ether oxygens (including phenoxy) is 3. The molecule has 0 spiro atoms. The van der Waals surface area contributed by atoms with E-state index in [0.29, 0.717) is 36.7 Å². The fraction of sp³-hybridized carbons (Fsp3) is 0.196. The molecule has 19 rings (SSSR count). The molecule has 4 aromatic carbocycles. The zero-order valence-corrected chi connectivity index (χ0v) is 66.7. The van der Waals surface area contributed by atoms with Gasteiger partial charge in [-0.1, -0.05) is 12.1 Å². The smallest absolute Gasteiger partial charge is 0.253 e. The Morgan fingerprint density at radius 2 is 0.802 bits per heavy atom. The summed E-state index contributed by atoms with van der Waals surface area (Å²) in [5, 5.41) is 16.6. The summed E-state index contributed by atoms with van der Waals surface area (Å²) in [6, 6.07) is 61.2. The zero-order chi connectivity index (χ0) is 83.0. The highest BCUT2D eigenvalue weighted by molar-refractivity contribution is 5.96. The van der Waals surface area contributed by atoms with Gasteiger partial charge in [0, 0.05) is 220 Å². The molecule has 29 heteroatoms. The van der Waals surface area contributed by atoms with Crippen molar-refractivity contribution in [1.82, 2.24) is 72.6 Å². The van der Waals surface area contributed by atoms with Gasteiger partial charge in [-0.25, -0.2) is 19.9 Å². The average Bonchev–Trinajstić information content (AvgIpc) is 1.68. The van der Waals surface area contributed by atoms with Gasteiger partial charge >= 0.3 is 0 Å². The van der Waals surface area contributed by atoms with Crippen LogP contribution in [-0.4, -0.2) is 165 Å². The van der Waals surface area contributed by atoms with Crippen molar-refractivity contribution in [2.24, 2.45) is 5.92 Å². The third-order valence-electron chi connectivity index (χ3n) is 21.1. The summed E-state index contributed by atoms with van der Waals surface area (Å²) < 4.78 is 23.8. The molecule has 612 valence electrons. The number of hydrogen-bond acceptors (Lipinski definition) is 19. The van der Waals surface area contributed by atoms with Gasteiger partial charge in [0.15, 0.2) is 22.6 Å². The Kier molecular flexibility index (Phi) is 24.9. The Morgan fingerprint density at radius 3 is 1.16 bits per heavy atom. The molecule has 1 aliphatic carbocycles. The molecule has 2 aliphatic heterocycles. The molecule has 0 bridgehead atoms. The first kappa shape index (κ1) is 80.0. The first-order valence-corrected chi connectivity index (χ1v) is 40.1. The van der Waals surface area contributed by atoms with Gasteiger partial charge in [0.1, 0.15) is 0 Å². The molecule has 1 saturated carbocycles. The highest BCUT2D eigenvalue weighted by Gasteiger charge is 2.23. The molecule has 3 aliphatic rings. The van der Waals surface area contributed by atoms with Crippen LogP contribution in [0.3, 0.4) is 0 Å². The van der Waals surface area contributed by atoms with Crippen molar-refractivity contribution >= 4 is 85.6 Å². The van der Waals surface area contributed by atoms with Crippen LogP contribution in [0.1, 0.15) is 46.0 Å². The third kappa shape index (κ3) is 19.6. The fourth-order valence-corrected chi connectivity index (χ4v) is 14.6. The van der Waals surface area contributed by atoms with Crippen LogP contribution in [0.4, 0.5) is 51.2 Å². The third-order valence-corrected chi connectivity index (χ3v) is 21.1. The first-order valence-electron chi connectivity index (χ1n) is 40.1. The number of carbonyl (C=O) groups is 2. The molecule has 0 radical (unpaired) electrons. The van der Waals surface area contributed by atoms with E-state index in [-0.39, 0.29) is 34.1 Å². The van der Waals surface area contributed by atoms with E-state index in [0.717, 1.165) is 179 Å². The van der Waals surface area contributed by atoms with Crippen LogP contribution >= 0.6 is 0 Å². The van der Waals surface area contributed by atoms with Gasteiger partial charge in [0.25, 0.3) is 11.8 Å². The minimum absolute atomic E-state index is 0.0195. The molecule has 29 nitrogen and oxygen atoms in total. The quantitative estimate of drug-likeness (QED) is 0.0287. The second-order valence-corrected chi connectivity index (χ2v) is 29.2. The Bertz CT molecular complexity index is 6510. The average molecular weight is 1620 g/mol. The van der Waals surface area contributed by atoms with E-state index in [1.54, 1.807) is 85.8 Å². The summed E-state index contributed by atoms with van der Waals surface area (Å²) in [6.07, 6.45) is 23.5. The van der Waals surface area contributed by atoms with Gasteiger partial charge < -0.3 is 70.5 Å². The highest BCUT2D eigenvalue weighted by Crippen LogP contribution is 2.34. The van der Waals surface area contributed by atoms with Crippen LogP contribution in [0.5, 0.6) is 0 Å². The lowest BCUT2D eigenvalue weighted by Gasteiger charge is -2.29. The monoisotopic (exact) mass is 1620 g/mol. The summed E-state index contributed by atoms with van der Waals surface area (Å²) in [5.41, 5.74) is 20.4. The lowest BCUT2D eigenvalue weighted by Crippen LogP contribution is -2.36. The van der Waals surface area contributed by atoms with Crippen LogP contribution in [0, 0.1) is 5.92 Å². The maximum Gasteiger partial charge on any atom is 0.253 e. The van der Waals surface area contributed by atoms with E-state index in [4.69, 9.17) is 14.2 Å². The van der Waals surface area contributed by atoms with Crippen molar-refractivity contribution in [2.75, 3.05) is 112 Å². The van der Waals surface area contributed by atoms with E-state index in [2.05, 4.69) is 125 Å². The Morgan fingerprint density at radius 1 is 0.446 bits per heavy atom. The number of morpholine rings is 2. The van der Waals surface area contributed by atoms with Gasteiger partial charge in [-0.15, -0.1) is 0 Å². The first-order chi connectivity index (χ1) is 59.3. The number of methoxy groups -OCH3 is 1. The molecular formula is C92H90N20O9. The second kappa shape index (κ2) is 37.7. The molecule has 0 unspecified atom stereocenters. The van der Waals surface area contributed by atoms with Crippen molar-refractivity contribution in [3.05, 3.63) is 327 Å². The van der Waals surface area contributed by atoms with Gasteiger partial charge in [-0.05, 0) is 189 Å². The van der Waals surface area contributed by atoms with Crippen molar-refractivity contribution < 1.29 is 23.8 Å². The second-order valence-electron chi connectivity index (χ2n) is 29.2. The number of hydrogen-bond donors (Lipinski definition) is 9. The number of carbonyl (C=O) groups excluding carboxylic acids is 2. The van der Waals surface area contributed by atoms with E-state index in [1.165, 1.54) is 24.1 Å². The lowest BCUT2D eigenvalue weighted by molar-refractivity contribution is 0.0342. The Labute approximate surface area is 694 Å². The largest absolute Gasteiger partial charge is 0.383 e. The van der Waals surface area contributed by atoms with Crippen molar-refractivity contribution in [3.63, 3.8) is 0 Å². The SMILES string of the molecule is CCN(CCOC)C(=O)c1ccc(Nc2ccc(-c3cc[nH]c(=O)c3)n3ccnc23)cc1.O=C(NCC1CC1)c1ccc(Nc2ccc(-c3cc[nH]c(=O)c3)n3ccnc23)cc1.O=c1cc(-c2ccc(Nc3ccc(CN4CCOCC4)cc3)c3nccn23)cc[nH]1.O=c1cc(-c2ccc(Nc3ccc(N4CCOCC4)cc3)c3nccn23)cc[nH]1. The van der Waals surface area contributed by atoms with E-state index >= 15 is 0 Å². The van der Waals surface area contributed by atoms with Crippen LogP contribution in [0.25, 0.3) is 67.6 Å². The van der Waals surface area contributed by atoms with Crippen LogP contribution < -0.4 is 53.7 Å². The van der Waals surface area contributed by atoms with E-state index < -0.39 is 0 Å². The number of nitrogens with one attached hydrogen (secondary N) is 9. The van der Waals surface area contributed by atoms with Gasteiger partial charge in [-0.3, -0.25) is 51.3 Å². The van der Waals surface area contributed by atoms with E-state index in [9.17, 15) is 28.8 Å². The number of H-pyrrole nitrogens is 4. The number of aromatic nitrogens is 12. The van der Waals surface area contributed by atoms with Gasteiger partial charge in [0.2, 0.25) is 22.2 Å². The molecule has 16 aromatic rings. The Hall–Kier alpha value is -14.8. The number of benzene rings is 4. The van der Waals surface area contributed by atoms with Gasteiger partial charge in [-0.2, -0.15) is 0 Å². The molecule has 12 aromatic heterocycles. The standard InChI is InChI=1S/C24H25N5O3.C23H23N5O2.C23H21N5O2.C22H21N5O2/c1-3-28(14-15-32-2)24(31)17-4-6-19(7-5-17)27-20-8-9-21(29-13-12-26-23(20)29)18-10-11-25-22(30)16-18;29-22-15-18(7-8-24-22)21-6-5-20(23-25-9-10-28(21)23)26-19-3-1-17(2-4-19)16-27-11-13-30-14-12-27;29-21-13-17(9-10-24-21)20-8-7-19(22-25-11-12-28(20)22)27-18-5-3-16(4-6-18)23(30)26-14-15-1-2-15;28-21-15-16(7-8-23-21)20-6-5-19(22-24-9-10-27(20)22)25-17-1-3-18(4-2-17)26-11-13-29-14-12-26/h4-13,16,27H,3,14-15H2,1-2H3,(H,25,30);1-10,15,26H,11-14,16H2,(H,24,29);3-13,15,27H,1-2,14H2,(H,24,29)(H,26,30);1-10,15,25H,11-14H2,(H,23,28). The molecular weight excluding hydrogens is 1530 g/mol. The van der Waals surface area contributed by atoms with Crippen LogP contribution in [0.2, 0.25) is 0 Å². The molecule has 121 heavy (non-hydrogen) atoms. The maximum absolute atomic E-state index is 12.7. The number of fused-ring (bicyclic) bond motifs is 4. The maximum atomic E-state index is 12.7.